The second-order valence-electron chi connectivity index (χ2n) is 8.55. The van der Waals surface area contributed by atoms with Gasteiger partial charge in [0.1, 0.15) is 0 Å². The number of ether oxygens (including phenoxy) is 1. The molecule has 2 fully saturated rings. The molecule has 5 unspecified atom stereocenters. The van der Waals surface area contributed by atoms with Crippen LogP contribution in [0.15, 0.2) is 23.8 Å². The Bertz CT molecular complexity index is 535. The van der Waals surface area contributed by atoms with Gasteiger partial charge in [0.2, 0.25) is 0 Å². The van der Waals surface area contributed by atoms with Crippen molar-refractivity contribution in [3.8, 4) is 0 Å². The first kappa shape index (κ1) is 19.2. The van der Waals surface area contributed by atoms with Crippen LogP contribution in [-0.4, -0.2) is 24.3 Å². The van der Waals surface area contributed by atoms with E-state index < -0.39 is 0 Å². The zero-order valence-electron chi connectivity index (χ0n) is 16.0. The number of allylic oxidation sites excluding steroid dienone is 1. The molecule has 0 heterocycles. The Morgan fingerprint density at radius 1 is 1.38 bits per heavy atom. The molecule has 0 saturated heterocycles. The van der Waals surface area contributed by atoms with E-state index in [1.165, 1.54) is 13.5 Å². The number of hydrogen-bond acceptors (Lipinski definition) is 3. The number of hydrogen-bond donors (Lipinski definition) is 1. The summed E-state index contributed by atoms with van der Waals surface area (Å²) in [6, 6.07) is 0. The fraction of sp³-hybridized carbons (Fsp3) is 0.762. The van der Waals surface area contributed by atoms with Crippen LogP contribution in [0.25, 0.3) is 0 Å². The van der Waals surface area contributed by atoms with Crippen LogP contribution in [0, 0.1) is 22.7 Å². The topological polar surface area (TPSA) is 46.5 Å². The molecule has 0 spiro atoms. The molecule has 0 aliphatic heterocycles. The van der Waals surface area contributed by atoms with Crippen LogP contribution in [0.3, 0.4) is 0 Å². The number of aliphatic hydroxyl groups excluding tert-OH is 1. The molecule has 24 heavy (non-hydrogen) atoms. The average molecular weight is 335 g/mol. The van der Waals surface area contributed by atoms with Gasteiger partial charge >= 0.3 is 5.97 Å². The molecule has 0 amide bonds. The fourth-order valence-corrected chi connectivity index (χ4v) is 5.22. The van der Waals surface area contributed by atoms with Crippen molar-refractivity contribution in [3.63, 3.8) is 0 Å². The van der Waals surface area contributed by atoms with Crippen molar-refractivity contribution in [2.45, 2.75) is 72.3 Å². The quantitative estimate of drug-likeness (QED) is 0.462. The summed E-state index contributed by atoms with van der Waals surface area (Å²) in [6.45, 7) is 13.4. The highest BCUT2D eigenvalue weighted by Crippen LogP contribution is 2.62. The van der Waals surface area contributed by atoms with Gasteiger partial charge in [0, 0.05) is 6.08 Å². The van der Waals surface area contributed by atoms with Gasteiger partial charge in [-0.25, -0.2) is 4.79 Å². The minimum atomic E-state index is -0.343. The van der Waals surface area contributed by atoms with Crippen LogP contribution in [0.2, 0.25) is 0 Å². The minimum Gasteiger partial charge on any atom is -0.466 e. The molecule has 0 bridgehead atoms. The van der Waals surface area contributed by atoms with Crippen molar-refractivity contribution in [1.82, 2.24) is 0 Å². The van der Waals surface area contributed by atoms with Gasteiger partial charge in [-0.2, -0.15) is 0 Å². The van der Waals surface area contributed by atoms with Gasteiger partial charge in [0.05, 0.1) is 13.2 Å². The van der Waals surface area contributed by atoms with Gasteiger partial charge in [0.25, 0.3) is 0 Å². The highest BCUT2D eigenvalue weighted by Gasteiger charge is 2.55. The van der Waals surface area contributed by atoms with Gasteiger partial charge in [0.15, 0.2) is 0 Å². The van der Waals surface area contributed by atoms with Gasteiger partial charge in [-0.05, 0) is 73.7 Å². The van der Waals surface area contributed by atoms with Crippen molar-refractivity contribution in [1.29, 1.82) is 0 Å². The molecule has 2 aliphatic carbocycles. The SMILES string of the molecule is C=C1C(O)CCC2C1(C)CCC(C)C2(C)CCC(C)=CC(=O)OC. The Hall–Kier alpha value is -1.09. The van der Waals surface area contributed by atoms with Gasteiger partial charge < -0.3 is 9.84 Å². The number of esters is 1. The van der Waals surface area contributed by atoms with Crippen molar-refractivity contribution in [3.05, 3.63) is 23.8 Å². The van der Waals surface area contributed by atoms with Crippen LogP contribution in [0.5, 0.6) is 0 Å². The number of rotatable bonds is 4. The van der Waals surface area contributed by atoms with E-state index in [0.29, 0.717) is 11.8 Å². The lowest BCUT2D eigenvalue weighted by atomic mass is 9.46. The van der Waals surface area contributed by atoms with Gasteiger partial charge in [-0.1, -0.05) is 32.9 Å². The third-order valence-corrected chi connectivity index (χ3v) is 7.28. The maximum absolute atomic E-state index is 11.4. The molecule has 0 aromatic heterocycles. The summed E-state index contributed by atoms with van der Waals surface area (Å²) in [6.07, 6.45) is 7.45. The van der Waals surface area contributed by atoms with Gasteiger partial charge in [-0.15, -0.1) is 0 Å². The number of carbonyl (C=O) groups is 1. The maximum atomic E-state index is 11.4. The molecular formula is C21H34O3. The Morgan fingerprint density at radius 3 is 2.67 bits per heavy atom. The summed E-state index contributed by atoms with van der Waals surface area (Å²) >= 11 is 0. The largest absolute Gasteiger partial charge is 0.466 e. The molecular weight excluding hydrogens is 300 g/mol. The highest BCUT2D eigenvalue weighted by atomic mass is 16.5. The molecule has 0 aromatic carbocycles. The van der Waals surface area contributed by atoms with Crippen LogP contribution in [0.4, 0.5) is 0 Å². The summed E-state index contributed by atoms with van der Waals surface area (Å²) in [5.41, 5.74) is 2.37. The second-order valence-corrected chi connectivity index (χ2v) is 8.55. The predicted octanol–water partition coefficient (Wildman–Crippen LogP) is 4.66. The first-order valence-corrected chi connectivity index (χ1v) is 9.27. The molecule has 5 atom stereocenters. The summed E-state index contributed by atoms with van der Waals surface area (Å²) in [5.74, 6) is 0.925. The minimum absolute atomic E-state index is 0.0406. The molecule has 136 valence electrons. The van der Waals surface area contributed by atoms with Crippen LogP contribution in [-0.2, 0) is 9.53 Å². The Morgan fingerprint density at radius 2 is 2.04 bits per heavy atom. The highest BCUT2D eigenvalue weighted by molar-refractivity contribution is 5.82. The van der Waals surface area contributed by atoms with E-state index in [9.17, 15) is 9.90 Å². The lowest BCUT2D eigenvalue weighted by Gasteiger charge is -2.59. The number of methoxy groups -OCH3 is 1. The zero-order valence-corrected chi connectivity index (χ0v) is 16.0. The maximum Gasteiger partial charge on any atom is 0.330 e. The molecule has 2 rings (SSSR count). The lowest BCUT2D eigenvalue weighted by molar-refractivity contribution is -0.134. The smallest absolute Gasteiger partial charge is 0.330 e. The third-order valence-electron chi connectivity index (χ3n) is 7.28. The van der Waals surface area contributed by atoms with E-state index in [1.807, 2.05) is 6.92 Å². The average Bonchev–Trinajstić information content (AvgIpc) is 2.54. The summed E-state index contributed by atoms with van der Waals surface area (Å²) in [7, 11) is 1.42. The molecule has 1 N–H and O–H groups in total. The summed E-state index contributed by atoms with van der Waals surface area (Å²) < 4.78 is 4.73. The van der Waals surface area contributed by atoms with Crippen LogP contribution < -0.4 is 0 Å². The normalized spacial score (nSPS) is 40.2. The Labute approximate surface area is 147 Å². The Balaban J connectivity index is 2.21. The molecule has 2 saturated carbocycles. The van der Waals surface area contributed by atoms with E-state index >= 15 is 0 Å². The molecule has 0 aromatic rings. The first-order valence-electron chi connectivity index (χ1n) is 9.27. The van der Waals surface area contributed by atoms with E-state index in [1.54, 1.807) is 6.08 Å². The van der Waals surface area contributed by atoms with Crippen LogP contribution in [0.1, 0.15) is 66.2 Å². The van der Waals surface area contributed by atoms with Crippen molar-refractivity contribution < 1.29 is 14.6 Å². The molecule has 0 radical (unpaired) electrons. The molecule has 3 nitrogen and oxygen atoms in total. The summed E-state index contributed by atoms with van der Waals surface area (Å²) in [4.78, 5) is 11.4. The summed E-state index contributed by atoms with van der Waals surface area (Å²) in [5, 5.41) is 10.3. The van der Waals surface area contributed by atoms with Crippen molar-refractivity contribution in [2.75, 3.05) is 7.11 Å². The number of aliphatic hydroxyl groups is 1. The van der Waals surface area contributed by atoms with Gasteiger partial charge in [-0.3, -0.25) is 0 Å². The molecule has 2 aliphatic rings. The number of carbonyl (C=O) groups excluding carboxylic acids is 1. The van der Waals surface area contributed by atoms with E-state index in [4.69, 9.17) is 4.74 Å². The predicted molar refractivity (Wildman–Crippen MR) is 97.5 cm³/mol. The first-order chi connectivity index (χ1) is 11.1. The van der Waals surface area contributed by atoms with E-state index in [0.717, 1.165) is 43.3 Å². The van der Waals surface area contributed by atoms with E-state index in [2.05, 4.69) is 27.4 Å². The van der Waals surface area contributed by atoms with Crippen molar-refractivity contribution >= 4 is 5.97 Å². The lowest BCUT2D eigenvalue weighted by Crippen LogP contribution is -2.52. The fourth-order valence-electron chi connectivity index (χ4n) is 5.22. The standard InChI is InChI=1S/C21H34O3/c1-14(13-19(23)24-6)9-11-20(4)15(2)10-12-21(5)16(3)17(22)7-8-18(20)21/h13,15,17-18,22H,3,7-12H2,1-2,4-6H3. The van der Waals surface area contributed by atoms with E-state index in [-0.39, 0.29) is 22.9 Å². The second kappa shape index (κ2) is 7.03. The van der Waals surface area contributed by atoms with Crippen LogP contribution >= 0.6 is 0 Å². The monoisotopic (exact) mass is 334 g/mol. The van der Waals surface area contributed by atoms with Crippen molar-refractivity contribution in [2.24, 2.45) is 22.7 Å². The third kappa shape index (κ3) is 3.33. The Kier molecular flexibility index (Phi) is 5.64. The number of fused-ring (bicyclic) bond motifs is 1. The molecule has 3 heteroatoms. The zero-order chi connectivity index (χ0) is 18.1.